The second-order valence-corrected chi connectivity index (χ2v) is 5.82. The first-order chi connectivity index (χ1) is 9.59. The van der Waals surface area contributed by atoms with Crippen LogP contribution in [0.25, 0.3) is 0 Å². The molecule has 1 aliphatic rings. The van der Waals surface area contributed by atoms with Crippen LogP contribution in [0.2, 0.25) is 0 Å². The van der Waals surface area contributed by atoms with E-state index in [-0.39, 0.29) is 11.5 Å². The van der Waals surface area contributed by atoms with Crippen molar-refractivity contribution in [3.05, 3.63) is 29.8 Å². The summed E-state index contributed by atoms with van der Waals surface area (Å²) in [4.78, 5) is 28.3. The average molecular weight is 270 g/mol. The van der Waals surface area contributed by atoms with E-state index in [1.165, 1.54) is 11.6 Å². The highest BCUT2D eigenvalue weighted by molar-refractivity contribution is 5.49. The van der Waals surface area contributed by atoms with Gasteiger partial charge in [0.1, 0.15) is 0 Å². The van der Waals surface area contributed by atoms with E-state index in [4.69, 9.17) is 0 Å². The number of hydrogen-bond acceptors (Lipinski definition) is 4. The lowest BCUT2D eigenvalue weighted by molar-refractivity contribution is 0.227. The van der Waals surface area contributed by atoms with Crippen LogP contribution in [0.4, 0.5) is 5.69 Å². The maximum absolute atomic E-state index is 10.5. The van der Waals surface area contributed by atoms with Crippen molar-refractivity contribution >= 4 is 17.8 Å². The number of aliphatic imine (C=N–C) groups is 2. The first-order valence-corrected chi connectivity index (χ1v) is 6.84. The minimum absolute atomic E-state index is 0.000942. The smallest absolute Gasteiger partial charge is 0.211 e. The monoisotopic (exact) mass is 270 g/mol. The third kappa shape index (κ3) is 2.93. The molecule has 0 spiro atoms. The lowest BCUT2D eigenvalue weighted by Crippen LogP contribution is -2.36. The number of benzene rings is 1. The molecule has 1 fully saturated rings. The summed E-state index contributed by atoms with van der Waals surface area (Å²) in [5.41, 5.74) is 1.81. The summed E-state index contributed by atoms with van der Waals surface area (Å²) in [6.07, 6.45) is 6.19. The molecule has 4 nitrogen and oxygen atoms in total. The van der Waals surface area contributed by atoms with Gasteiger partial charge >= 0.3 is 0 Å². The fourth-order valence-electron chi connectivity index (χ4n) is 3.00. The highest BCUT2D eigenvalue weighted by Gasteiger charge is 2.37. The SMILES string of the molecule is CC1CCC(C)(c2ccc(N=C=O)cc2)CC1N=C=O. The maximum Gasteiger partial charge on any atom is 0.240 e. The lowest BCUT2D eigenvalue weighted by Gasteiger charge is -2.40. The van der Waals surface area contributed by atoms with Crippen molar-refractivity contribution in [2.24, 2.45) is 15.9 Å². The van der Waals surface area contributed by atoms with Crippen molar-refractivity contribution in [3.63, 3.8) is 0 Å². The molecular weight excluding hydrogens is 252 g/mol. The van der Waals surface area contributed by atoms with Gasteiger partial charge in [-0.3, -0.25) is 0 Å². The van der Waals surface area contributed by atoms with Crippen LogP contribution in [0.5, 0.6) is 0 Å². The Balaban J connectivity index is 2.25. The first-order valence-electron chi connectivity index (χ1n) is 6.84. The molecule has 0 N–H and O–H groups in total. The summed E-state index contributed by atoms with van der Waals surface area (Å²) in [5.74, 6) is 0.420. The highest BCUT2D eigenvalue weighted by Crippen LogP contribution is 2.42. The molecule has 104 valence electrons. The molecule has 4 heteroatoms. The molecule has 0 bridgehead atoms. The van der Waals surface area contributed by atoms with E-state index >= 15 is 0 Å². The van der Waals surface area contributed by atoms with E-state index in [9.17, 15) is 9.59 Å². The molecule has 3 atom stereocenters. The van der Waals surface area contributed by atoms with Gasteiger partial charge in [0.25, 0.3) is 0 Å². The topological polar surface area (TPSA) is 58.9 Å². The summed E-state index contributed by atoms with van der Waals surface area (Å²) in [5, 5.41) is 0. The molecule has 1 saturated carbocycles. The number of isocyanates is 2. The third-order valence-corrected chi connectivity index (χ3v) is 4.43. The Labute approximate surface area is 118 Å². The normalized spacial score (nSPS) is 29.1. The third-order valence-electron chi connectivity index (χ3n) is 4.43. The number of hydrogen-bond donors (Lipinski definition) is 0. The predicted molar refractivity (Wildman–Crippen MR) is 76.5 cm³/mol. The molecule has 0 radical (unpaired) electrons. The van der Waals surface area contributed by atoms with Crippen LogP contribution < -0.4 is 0 Å². The molecule has 0 aliphatic heterocycles. The second kappa shape index (κ2) is 5.96. The zero-order chi connectivity index (χ0) is 14.6. The zero-order valence-electron chi connectivity index (χ0n) is 11.8. The van der Waals surface area contributed by atoms with Crippen LogP contribution in [0.15, 0.2) is 34.3 Å². The van der Waals surface area contributed by atoms with E-state index < -0.39 is 0 Å². The van der Waals surface area contributed by atoms with Crippen LogP contribution >= 0.6 is 0 Å². The van der Waals surface area contributed by atoms with Gasteiger partial charge in [-0.15, -0.1) is 0 Å². The highest BCUT2D eigenvalue weighted by atomic mass is 16.1. The average Bonchev–Trinajstić information content (AvgIpc) is 2.44. The minimum Gasteiger partial charge on any atom is -0.211 e. The quantitative estimate of drug-likeness (QED) is 0.624. The van der Waals surface area contributed by atoms with E-state index in [0.29, 0.717) is 11.6 Å². The van der Waals surface area contributed by atoms with Crippen molar-refractivity contribution in [2.45, 2.75) is 44.6 Å². The first kappa shape index (κ1) is 14.4. The van der Waals surface area contributed by atoms with Crippen molar-refractivity contribution in [2.75, 3.05) is 0 Å². The van der Waals surface area contributed by atoms with Crippen molar-refractivity contribution in [1.29, 1.82) is 0 Å². The molecule has 1 aromatic carbocycles. The fraction of sp³-hybridized carbons (Fsp3) is 0.500. The van der Waals surface area contributed by atoms with Gasteiger partial charge in [0, 0.05) is 0 Å². The van der Waals surface area contributed by atoms with Gasteiger partial charge < -0.3 is 0 Å². The van der Waals surface area contributed by atoms with Crippen molar-refractivity contribution in [1.82, 2.24) is 0 Å². The molecule has 0 aromatic heterocycles. The fourth-order valence-corrected chi connectivity index (χ4v) is 3.00. The van der Waals surface area contributed by atoms with Gasteiger partial charge in [-0.05, 0) is 48.3 Å². The molecule has 0 heterocycles. The molecular formula is C16H18N2O2. The molecule has 0 saturated heterocycles. The molecule has 1 aliphatic carbocycles. The summed E-state index contributed by atoms with van der Waals surface area (Å²) < 4.78 is 0. The Morgan fingerprint density at radius 3 is 2.50 bits per heavy atom. The van der Waals surface area contributed by atoms with Gasteiger partial charge in [0.15, 0.2) is 0 Å². The summed E-state index contributed by atoms with van der Waals surface area (Å²) in [7, 11) is 0. The minimum atomic E-state index is 0.000942. The van der Waals surface area contributed by atoms with Crippen LogP contribution in [-0.4, -0.2) is 18.2 Å². The number of nitrogens with zero attached hydrogens (tertiary/aromatic N) is 2. The van der Waals surface area contributed by atoms with Gasteiger partial charge in [-0.25, -0.2) is 14.6 Å². The van der Waals surface area contributed by atoms with E-state index in [0.717, 1.165) is 19.3 Å². The zero-order valence-corrected chi connectivity index (χ0v) is 11.8. The maximum atomic E-state index is 10.5. The number of rotatable bonds is 3. The largest absolute Gasteiger partial charge is 0.240 e. The van der Waals surface area contributed by atoms with Crippen LogP contribution in [-0.2, 0) is 15.0 Å². The van der Waals surface area contributed by atoms with Gasteiger partial charge in [0.05, 0.1) is 11.7 Å². The standard InChI is InChI=1S/C16H18N2O2/c1-12-7-8-16(2,9-15(12)18-11-20)13-3-5-14(6-4-13)17-10-19/h3-6,12,15H,7-9H2,1-2H3. The predicted octanol–water partition coefficient (Wildman–Crippen LogP) is 3.44. The second-order valence-electron chi connectivity index (χ2n) is 5.82. The molecule has 2 rings (SSSR count). The Bertz CT molecular complexity index is 569. The van der Waals surface area contributed by atoms with Crippen LogP contribution in [0.1, 0.15) is 38.7 Å². The van der Waals surface area contributed by atoms with E-state index in [1.807, 2.05) is 24.3 Å². The lowest BCUT2D eigenvalue weighted by atomic mass is 9.66. The molecule has 20 heavy (non-hydrogen) atoms. The van der Waals surface area contributed by atoms with Gasteiger partial charge in [-0.2, -0.15) is 4.99 Å². The van der Waals surface area contributed by atoms with Crippen LogP contribution in [0.3, 0.4) is 0 Å². The Morgan fingerprint density at radius 2 is 1.90 bits per heavy atom. The molecule has 3 unspecified atom stereocenters. The van der Waals surface area contributed by atoms with E-state index in [1.54, 1.807) is 6.08 Å². The van der Waals surface area contributed by atoms with Crippen molar-refractivity contribution in [3.8, 4) is 0 Å². The van der Waals surface area contributed by atoms with Crippen LogP contribution in [0, 0.1) is 5.92 Å². The summed E-state index contributed by atoms with van der Waals surface area (Å²) >= 11 is 0. The Hall–Kier alpha value is -2.02. The summed E-state index contributed by atoms with van der Waals surface area (Å²) in [6.45, 7) is 4.33. The van der Waals surface area contributed by atoms with Crippen molar-refractivity contribution < 1.29 is 9.59 Å². The molecule has 0 amide bonds. The molecule has 1 aromatic rings. The van der Waals surface area contributed by atoms with Gasteiger partial charge in [0.2, 0.25) is 12.2 Å². The number of carbonyl (C=O) groups excluding carboxylic acids is 2. The Kier molecular flexibility index (Phi) is 4.29. The van der Waals surface area contributed by atoms with Gasteiger partial charge in [-0.1, -0.05) is 26.0 Å². The summed E-state index contributed by atoms with van der Waals surface area (Å²) in [6, 6.07) is 7.67. The Morgan fingerprint density at radius 1 is 1.20 bits per heavy atom. The van der Waals surface area contributed by atoms with E-state index in [2.05, 4.69) is 23.8 Å².